The minimum Gasteiger partial charge on any atom is -0.484 e. The highest BCUT2D eigenvalue weighted by Gasteiger charge is 2.24. The fourth-order valence-electron chi connectivity index (χ4n) is 1.45. The van der Waals surface area contributed by atoms with Crippen LogP contribution in [0, 0.1) is 5.92 Å². The van der Waals surface area contributed by atoms with E-state index in [1.165, 1.54) is 12.8 Å². The number of hydrogen-bond acceptors (Lipinski definition) is 3. The molecule has 2 rings (SSSR count). The lowest BCUT2D eigenvalue weighted by Gasteiger charge is -2.05. The molecule has 96 valence electrons. The molecule has 0 heterocycles. The van der Waals surface area contributed by atoms with Crippen molar-refractivity contribution in [3.63, 3.8) is 0 Å². The summed E-state index contributed by atoms with van der Waals surface area (Å²) < 4.78 is 5.29. The maximum atomic E-state index is 11.5. The molecular weight excluding hydrogens is 252 g/mol. The van der Waals surface area contributed by atoms with Gasteiger partial charge in [-0.1, -0.05) is 11.6 Å². The molecule has 1 aromatic rings. The first-order chi connectivity index (χ1) is 8.65. The van der Waals surface area contributed by atoms with E-state index in [0.29, 0.717) is 16.7 Å². The molecule has 1 N–H and O–H groups in total. The van der Waals surface area contributed by atoms with Crippen LogP contribution in [0.4, 0.5) is 0 Å². The van der Waals surface area contributed by atoms with Crippen molar-refractivity contribution in [1.29, 1.82) is 0 Å². The van der Waals surface area contributed by atoms with Gasteiger partial charge in [-0.3, -0.25) is 4.79 Å². The van der Waals surface area contributed by atoms with Gasteiger partial charge in [-0.05, 0) is 49.9 Å². The van der Waals surface area contributed by atoms with Gasteiger partial charge in [0.1, 0.15) is 5.75 Å². The SMILES string of the molecule is C/C(=N\NC(=O)COc1ccc(Cl)cc1)C1CC1. The van der Waals surface area contributed by atoms with E-state index < -0.39 is 0 Å². The van der Waals surface area contributed by atoms with Crippen LogP contribution in [0.3, 0.4) is 0 Å². The van der Waals surface area contributed by atoms with Gasteiger partial charge >= 0.3 is 0 Å². The van der Waals surface area contributed by atoms with E-state index in [-0.39, 0.29) is 12.5 Å². The Balaban J connectivity index is 1.74. The average molecular weight is 267 g/mol. The van der Waals surface area contributed by atoms with Crippen molar-refractivity contribution in [2.75, 3.05) is 6.61 Å². The average Bonchev–Trinajstić information content (AvgIpc) is 3.19. The summed E-state index contributed by atoms with van der Waals surface area (Å²) in [7, 11) is 0. The number of hydrogen-bond donors (Lipinski definition) is 1. The zero-order valence-electron chi connectivity index (χ0n) is 10.1. The Morgan fingerprint density at radius 3 is 2.72 bits per heavy atom. The highest BCUT2D eigenvalue weighted by atomic mass is 35.5. The lowest BCUT2D eigenvalue weighted by atomic mass is 10.3. The first kappa shape index (κ1) is 12.9. The molecule has 4 nitrogen and oxygen atoms in total. The number of rotatable bonds is 5. The number of benzene rings is 1. The minimum absolute atomic E-state index is 0.0525. The Hall–Kier alpha value is -1.55. The second-order valence-corrected chi connectivity index (χ2v) is 4.74. The summed E-state index contributed by atoms with van der Waals surface area (Å²) in [6.07, 6.45) is 2.35. The fourth-order valence-corrected chi connectivity index (χ4v) is 1.58. The molecule has 1 amide bonds. The number of carbonyl (C=O) groups excluding carboxylic acids is 1. The molecule has 0 bridgehead atoms. The lowest BCUT2D eigenvalue weighted by molar-refractivity contribution is -0.123. The number of nitrogens with one attached hydrogen (secondary N) is 1. The molecule has 1 aromatic carbocycles. The topological polar surface area (TPSA) is 50.7 Å². The van der Waals surface area contributed by atoms with Crippen molar-refractivity contribution >= 4 is 23.2 Å². The normalized spacial score (nSPS) is 15.3. The number of ether oxygens (including phenoxy) is 1. The van der Waals surface area contributed by atoms with Gasteiger partial charge in [-0.15, -0.1) is 0 Å². The maximum Gasteiger partial charge on any atom is 0.277 e. The van der Waals surface area contributed by atoms with Gasteiger partial charge in [0.05, 0.1) is 0 Å². The number of hydrazone groups is 1. The van der Waals surface area contributed by atoms with Crippen molar-refractivity contribution in [3.05, 3.63) is 29.3 Å². The third-order valence-corrected chi connectivity index (χ3v) is 2.96. The van der Waals surface area contributed by atoms with E-state index in [4.69, 9.17) is 16.3 Å². The van der Waals surface area contributed by atoms with E-state index in [9.17, 15) is 4.79 Å². The molecule has 0 aromatic heterocycles. The third-order valence-electron chi connectivity index (χ3n) is 2.71. The largest absolute Gasteiger partial charge is 0.484 e. The van der Waals surface area contributed by atoms with Crippen molar-refractivity contribution < 1.29 is 9.53 Å². The molecule has 0 spiro atoms. The summed E-state index contributed by atoms with van der Waals surface area (Å²) in [5.41, 5.74) is 3.46. The first-order valence-corrected chi connectivity index (χ1v) is 6.24. The van der Waals surface area contributed by atoms with E-state index in [1.54, 1.807) is 24.3 Å². The summed E-state index contributed by atoms with van der Waals surface area (Å²) in [6.45, 7) is 1.88. The molecule has 1 aliphatic carbocycles. The Bertz CT molecular complexity index is 453. The van der Waals surface area contributed by atoms with Crippen LogP contribution in [-0.2, 0) is 4.79 Å². The quantitative estimate of drug-likeness (QED) is 0.658. The van der Waals surface area contributed by atoms with E-state index in [0.717, 1.165) is 5.71 Å². The van der Waals surface area contributed by atoms with Gasteiger partial charge in [0, 0.05) is 10.7 Å². The van der Waals surface area contributed by atoms with Gasteiger partial charge in [-0.25, -0.2) is 5.43 Å². The summed E-state index contributed by atoms with van der Waals surface area (Å²) >= 11 is 5.74. The van der Waals surface area contributed by atoms with Crippen LogP contribution in [0.1, 0.15) is 19.8 Å². The minimum atomic E-state index is -0.259. The number of nitrogens with zero attached hydrogens (tertiary/aromatic N) is 1. The molecule has 0 atom stereocenters. The van der Waals surface area contributed by atoms with Gasteiger partial charge in [-0.2, -0.15) is 5.10 Å². The molecule has 0 saturated heterocycles. The Morgan fingerprint density at radius 2 is 2.11 bits per heavy atom. The van der Waals surface area contributed by atoms with E-state index in [2.05, 4.69) is 10.5 Å². The van der Waals surface area contributed by atoms with Crippen LogP contribution in [0.5, 0.6) is 5.75 Å². The number of carbonyl (C=O) groups is 1. The van der Waals surface area contributed by atoms with Crippen molar-refractivity contribution in [2.24, 2.45) is 11.0 Å². The lowest BCUT2D eigenvalue weighted by Crippen LogP contribution is -2.25. The van der Waals surface area contributed by atoms with Crippen LogP contribution in [0.2, 0.25) is 5.02 Å². The molecule has 1 aliphatic rings. The fraction of sp³-hybridized carbons (Fsp3) is 0.385. The van der Waals surface area contributed by atoms with Gasteiger partial charge in [0.15, 0.2) is 6.61 Å². The number of amides is 1. The van der Waals surface area contributed by atoms with Gasteiger partial charge < -0.3 is 4.74 Å². The monoisotopic (exact) mass is 266 g/mol. The Morgan fingerprint density at radius 1 is 1.44 bits per heavy atom. The van der Waals surface area contributed by atoms with Crippen LogP contribution in [0.15, 0.2) is 29.4 Å². The molecule has 18 heavy (non-hydrogen) atoms. The van der Waals surface area contributed by atoms with Crippen LogP contribution in [0.25, 0.3) is 0 Å². The molecule has 0 unspecified atom stereocenters. The van der Waals surface area contributed by atoms with Crippen LogP contribution >= 0.6 is 11.6 Å². The molecule has 0 radical (unpaired) electrons. The Labute approximate surface area is 111 Å². The van der Waals surface area contributed by atoms with E-state index in [1.807, 2.05) is 6.92 Å². The summed E-state index contributed by atoms with van der Waals surface area (Å²) in [5.74, 6) is 0.907. The molecule has 1 fully saturated rings. The number of halogens is 1. The first-order valence-electron chi connectivity index (χ1n) is 5.86. The van der Waals surface area contributed by atoms with E-state index >= 15 is 0 Å². The summed E-state index contributed by atoms with van der Waals surface area (Å²) in [5, 5.41) is 4.66. The van der Waals surface area contributed by atoms with Crippen molar-refractivity contribution in [3.8, 4) is 5.75 Å². The molecule has 1 saturated carbocycles. The van der Waals surface area contributed by atoms with Crippen LogP contribution in [-0.4, -0.2) is 18.2 Å². The molecule has 5 heteroatoms. The van der Waals surface area contributed by atoms with Gasteiger partial charge in [0.25, 0.3) is 5.91 Å². The summed E-state index contributed by atoms with van der Waals surface area (Å²) in [4.78, 5) is 11.5. The molecule has 0 aliphatic heterocycles. The maximum absolute atomic E-state index is 11.5. The third kappa shape index (κ3) is 4.04. The molecular formula is C13H15ClN2O2. The zero-order valence-corrected chi connectivity index (χ0v) is 10.9. The predicted octanol–water partition coefficient (Wildman–Crippen LogP) is 2.62. The second-order valence-electron chi connectivity index (χ2n) is 4.31. The predicted molar refractivity (Wildman–Crippen MR) is 70.9 cm³/mol. The highest BCUT2D eigenvalue weighted by molar-refractivity contribution is 6.30. The standard InChI is InChI=1S/C13H15ClN2O2/c1-9(10-2-3-10)15-16-13(17)8-18-12-6-4-11(14)5-7-12/h4-7,10H,2-3,8H2,1H3,(H,16,17)/b15-9+. The second kappa shape index (κ2) is 5.87. The Kier molecular flexibility index (Phi) is 4.20. The van der Waals surface area contributed by atoms with Crippen molar-refractivity contribution in [2.45, 2.75) is 19.8 Å². The summed E-state index contributed by atoms with van der Waals surface area (Å²) in [6, 6.07) is 6.86. The smallest absolute Gasteiger partial charge is 0.277 e. The zero-order chi connectivity index (χ0) is 13.0. The van der Waals surface area contributed by atoms with Crippen LogP contribution < -0.4 is 10.2 Å². The highest BCUT2D eigenvalue weighted by Crippen LogP contribution is 2.30. The van der Waals surface area contributed by atoms with Gasteiger partial charge in [0.2, 0.25) is 0 Å². The van der Waals surface area contributed by atoms with Crippen molar-refractivity contribution in [1.82, 2.24) is 5.43 Å².